The van der Waals surface area contributed by atoms with Crippen LogP contribution < -0.4 is 4.74 Å². The number of unbranched alkanes of at least 4 members (excludes halogenated alkanes) is 6. The van der Waals surface area contributed by atoms with E-state index in [0.29, 0.717) is 12.4 Å². The summed E-state index contributed by atoms with van der Waals surface area (Å²) in [6.07, 6.45) is 12.4. The number of benzene rings is 1. The van der Waals surface area contributed by atoms with Gasteiger partial charge in [-0.2, -0.15) is 0 Å². The summed E-state index contributed by atoms with van der Waals surface area (Å²) < 4.78 is 5.77. The van der Waals surface area contributed by atoms with Gasteiger partial charge in [0.2, 0.25) is 0 Å². The number of aliphatic hydroxyl groups excluding tert-OH is 1. The Kier molecular flexibility index (Phi) is 8.44. The third-order valence-corrected chi connectivity index (χ3v) is 5.10. The first-order chi connectivity index (χ1) is 11.7. The molecule has 0 aromatic heterocycles. The van der Waals surface area contributed by atoms with E-state index in [1.54, 1.807) is 6.07 Å². The van der Waals surface area contributed by atoms with Gasteiger partial charge < -0.3 is 14.9 Å². The van der Waals surface area contributed by atoms with Crippen molar-refractivity contribution < 1.29 is 14.9 Å². The maximum atomic E-state index is 10.3. The summed E-state index contributed by atoms with van der Waals surface area (Å²) in [6.45, 7) is 2.96. The number of hydrogen-bond acceptors (Lipinski definition) is 3. The molecule has 1 aliphatic rings. The van der Waals surface area contributed by atoms with Crippen LogP contribution in [-0.2, 0) is 0 Å². The number of phenols is 1. The fraction of sp³-hybridized carbons (Fsp3) is 0.714. The molecule has 1 aromatic rings. The Hall–Kier alpha value is -1.22. The molecule has 1 saturated carbocycles. The molecule has 2 unspecified atom stereocenters. The maximum absolute atomic E-state index is 10.3. The molecule has 1 fully saturated rings. The molecule has 2 rings (SSSR count). The van der Waals surface area contributed by atoms with Crippen LogP contribution in [-0.4, -0.2) is 22.9 Å². The smallest absolute Gasteiger partial charge is 0.122 e. The van der Waals surface area contributed by atoms with Crippen LogP contribution in [0.25, 0.3) is 0 Å². The number of rotatable bonds is 10. The lowest BCUT2D eigenvalue weighted by Gasteiger charge is -2.26. The van der Waals surface area contributed by atoms with Gasteiger partial charge in [-0.15, -0.1) is 0 Å². The largest absolute Gasteiger partial charge is 0.508 e. The highest BCUT2D eigenvalue weighted by Gasteiger charge is 2.23. The van der Waals surface area contributed by atoms with Crippen molar-refractivity contribution in [3.63, 3.8) is 0 Å². The Morgan fingerprint density at radius 1 is 1.04 bits per heavy atom. The van der Waals surface area contributed by atoms with Crippen LogP contribution in [0.2, 0.25) is 0 Å². The van der Waals surface area contributed by atoms with Crippen molar-refractivity contribution in [2.24, 2.45) is 0 Å². The SMILES string of the molecule is CCCCCCCCCOc1ccc(C2CCCC(O)C2)c(O)c1. The summed E-state index contributed by atoms with van der Waals surface area (Å²) in [5, 5.41) is 20.1. The topological polar surface area (TPSA) is 49.7 Å². The third-order valence-electron chi connectivity index (χ3n) is 5.10. The van der Waals surface area contributed by atoms with Gasteiger partial charge in [0.25, 0.3) is 0 Å². The molecule has 1 aliphatic carbocycles. The van der Waals surface area contributed by atoms with Crippen molar-refractivity contribution in [3.05, 3.63) is 23.8 Å². The molecule has 0 heterocycles. The van der Waals surface area contributed by atoms with Crippen LogP contribution in [0.1, 0.15) is 89.0 Å². The second kappa shape index (κ2) is 10.6. The van der Waals surface area contributed by atoms with Crippen molar-refractivity contribution >= 4 is 0 Å². The molecule has 0 radical (unpaired) electrons. The third kappa shape index (κ3) is 6.35. The summed E-state index contributed by atoms with van der Waals surface area (Å²) in [5.74, 6) is 1.33. The number of phenolic OH excluding ortho intramolecular Hbond substituents is 1. The van der Waals surface area contributed by atoms with Crippen LogP contribution >= 0.6 is 0 Å². The Morgan fingerprint density at radius 3 is 2.50 bits per heavy atom. The molecular weight excluding hydrogens is 300 g/mol. The van der Waals surface area contributed by atoms with E-state index in [2.05, 4.69) is 6.92 Å². The Labute approximate surface area is 147 Å². The van der Waals surface area contributed by atoms with E-state index in [1.165, 1.54) is 38.5 Å². The van der Waals surface area contributed by atoms with Crippen LogP contribution in [0.5, 0.6) is 11.5 Å². The predicted octanol–water partition coefficient (Wildman–Crippen LogP) is 5.54. The molecule has 136 valence electrons. The summed E-state index contributed by atoms with van der Waals surface area (Å²) in [4.78, 5) is 0. The maximum Gasteiger partial charge on any atom is 0.122 e. The van der Waals surface area contributed by atoms with Gasteiger partial charge in [0, 0.05) is 6.07 Å². The van der Waals surface area contributed by atoms with E-state index in [-0.39, 0.29) is 12.0 Å². The molecule has 2 atom stereocenters. The molecular formula is C21H34O3. The number of ether oxygens (including phenoxy) is 1. The minimum Gasteiger partial charge on any atom is -0.508 e. The van der Waals surface area contributed by atoms with Crippen molar-refractivity contribution in [1.29, 1.82) is 0 Å². The summed E-state index contributed by atoms with van der Waals surface area (Å²) in [6, 6.07) is 5.66. The predicted molar refractivity (Wildman–Crippen MR) is 98.8 cm³/mol. The zero-order valence-electron chi connectivity index (χ0n) is 15.2. The van der Waals surface area contributed by atoms with Gasteiger partial charge in [0.05, 0.1) is 12.7 Å². The second-order valence-corrected chi connectivity index (χ2v) is 7.21. The van der Waals surface area contributed by atoms with Gasteiger partial charge >= 0.3 is 0 Å². The minimum absolute atomic E-state index is 0.226. The van der Waals surface area contributed by atoms with Crippen LogP contribution in [0.15, 0.2) is 18.2 Å². The van der Waals surface area contributed by atoms with Crippen LogP contribution in [0.3, 0.4) is 0 Å². The lowest BCUT2D eigenvalue weighted by atomic mass is 9.82. The van der Waals surface area contributed by atoms with E-state index in [9.17, 15) is 10.2 Å². The minimum atomic E-state index is -0.226. The van der Waals surface area contributed by atoms with E-state index in [1.807, 2.05) is 12.1 Å². The van der Waals surface area contributed by atoms with E-state index in [4.69, 9.17) is 4.74 Å². The number of aromatic hydroxyl groups is 1. The standard InChI is InChI=1S/C21H34O3/c1-2-3-4-5-6-7-8-14-24-19-12-13-20(21(23)16-19)17-10-9-11-18(22)15-17/h12-13,16-18,22-23H,2-11,14-15H2,1H3. The Balaban J connectivity index is 1.70. The molecule has 0 bridgehead atoms. The first kappa shape index (κ1) is 19.1. The van der Waals surface area contributed by atoms with Crippen molar-refractivity contribution in [3.8, 4) is 11.5 Å². The van der Waals surface area contributed by atoms with E-state index >= 15 is 0 Å². The molecule has 0 amide bonds. The van der Waals surface area contributed by atoms with E-state index < -0.39 is 0 Å². The van der Waals surface area contributed by atoms with Gasteiger partial charge in [-0.05, 0) is 43.2 Å². The summed E-state index contributed by atoms with van der Waals surface area (Å²) in [5.41, 5.74) is 0.956. The molecule has 24 heavy (non-hydrogen) atoms. The molecule has 3 nitrogen and oxygen atoms in total. The molecule has 1 aromatic carbocycles. The van der Waals surface area contributed by atoms with Crippen LogP contribution in [0.4, 0.5) is 0 Å². The average Bonchev–Trinajstić information content (AvgIpc) is 2.57. The Morgan fingerprint density at radius 2 is 1.79 bits per heavy atom. The fourth-order valence-corrected chi connectivity index (χ4v) is 3.65. The van der Waals surface area contributed by atoms with Crippen molar-refractivity contribution in [1.82, 2.24) is 0 Å². The highest BCUT2D eigenvalue weighted by atomic mass is 16.5. The number of hydrogen-bond donors (Lipinski definition) is 2. The quantitative estimate of drug-likeness (QED) is 0.552. The highest BCUT2D eigenvalue weighted by Crippen LogP contribution is 2.38. The summed E-state index contributed by atoms with van der Waals surface area (Å²) >= 11 is 0. The highest BCUT2D eigenvalue weighted by molar-refractivity contribution is 5.42. The van der Waals surface area contributed by atoms with Gasteiger partial charge in [-0.1, -0.05) is 57.9 Å². The second-order valence-electron chi connectivity index (χ2n) is 7.21. The fourth-order valence-electron chi connectivity index (χ4n) is 3.65. The first-order valence-corrected chi connectivity index (χ1v) is 9.84. The Bertz CT molecular complexity index is 472. The molecule has 0 spiro atoms. The monoisotopic (exact) mass is 334 g/mol. The number of aliphatic hydroxyl groups is 1. The van der Waals surface area contributed by atoms with E-state index in [0.717, 1.165) is 43.4 Å². The first-order valence-electron chi connectivity index (χ1n) is 9.84. The van der Waals surface area contributed by atoms with Gasteiger partial charge in [-0.25, -0.2) is 0 Å². The molecule has 3 heteroatoms. The normalized spacial score (nSPS) is 20.9. The lowest BCUT2D eigenvalue weighted by Crippen LogP contribution is -2.18. The zero-order valence-corrected chi connectivity index (χ0v) is 15.2. The van der Waals surface area contributed by atoms with Gasteiger partial charge in [0.15, 0.2) is 0 Å². The van der Waals surface area contributed by atoms with Crippen molar-refractivity contribution in [2.45, 2.75) is 89.6 Å². The van der Waals surface area contributed by atoms with Crippen molar-refractivity contribution in [2.75, 3.05) is 6.61 Å². The molecule has 0 aliphatic heterocycles. The molecule has 2 N–H and O–H groups in total. The summed E-state index contributed by atoms with van der Waals surface area (Å²) in [7, 11) is 0. The van der Waals surface area contributed by atoms with Gasteiger partial charge in [0.1, 0.15) is 11.5 Å². The van der Waals surface area contributed by atoms with Crippen LogP contribution in [0, 0.1) is 0 Å². The molecule has 0 saturated heterocycles. The average molecular weight is 335 g/mol. The lowest BCUT2D eigenvalue weighted by molar-refractivity contribution is 0.119. The zero-order chi connectivity index (χ0) is 17.2. The van der Waals surface area contributed by atoms with Gasteiger partial charge in [-0.3, -0.25) is 0 Å².